The van der Waals surface area contributed by atoms with Crippen LogP contribution < -0.4 is 5.32 Å². The molecule has 0 fully saturated rings. The highest BCUT2D eigenvalue weighted by Gasteiger charge is 2.36. The molecule has 0 bridgehead atoms. The zero-order valence-corrected chi connectivity index (χ0v) is 11.1. The molecule has 0 aliphatic rings. The smallest absolute Gasteiger partial charge is 0.192 e. The standard InChI is InChI=1S/C11H23NOSi/c1-7-8-12-9-10-13-14(5,6)11(2,3)4/h1,12H,8-10H2,2-6H3. The third kappa shape index (κ3) is 4.80. The van der Waals surface area contributed by atoms with Crippen molar-refractivity contribution >= 4 is 8.32 Å². The van der Waals surface area contributed by atoms with Gasteiger partial charge in [-0.2, -0.15) is 0 Å². The summed E-state index contributed by atoms with van der Waals surface area (Å²) in [7, 11) is -1.56. The zero-order valence-electron chi connectivity index (χ0n) is 10.1. The van der Waals surface area contributed by atoms with E-state index in [0.717, 1.165) is 13.2 Å². The molecule has 0 aromatic carbocycles. The molecule has 3 heteroatoms. The van der Waals surface area contributed by atoms with E-state index < -0.39 is 8.32 Å². The molecular weight excluding hydrogens is 190 g/mol. The van der Waals surface area contributed by atoms with E-state index in [1.54, 1.807) is 0 Å². The summed E-state index contributed by atoms with van der Waals surface area (Å²) >= 11 is 0. The fourth-order valence-electron chi connectivity index (χ4n) is 0.755. The zero-order chi connectivity index (χ0) is 11.2. The SMILES string of the molecule is C#CCNCCO[Si](C)(C)C(C)(C)C. The Hall–Kier alpha value is -0.303. The van der Waals surface area contributed by atoms with Crippen LogP contribution in [-0.4, -0.2) is 28.0 Å². The molecule has 0 saturated carbocycles. The van der Waals surface area contributed by atoms with E-state index in [4.69, 9.17) is 10.8 Å². The molecule has 1 N–H and O–H groups in total. The lowest BCUT2D eigenvalue weighted by Gasteiger charge is -2.36. The first-order valence-corrected chi connectivity index (χ1v) is 8.00. The number of terminal acetylenes is 1. The van der Waals surface area contributed by atoms with Gasteiger partial charge in [-0.1, -0.05) is 26.7 Å². The molecule has 0 saturated heterocycles. The van der Waals surface area contributed by atoms with Gasteiger partial charge >= 0.3 is 0 Å². The minimum atomic E-state index is -1.56. The van der Waals surface area contributed by atoms with E-state index in [0.29, 0.717) is 11.6 Å². The molecule has 0 atom stereocenters. The summed E-state index contributed by atoms with van der Waals surface area (Å²) in [5.74, 6) is 2.54. The van der Waals surface area contributed by atoms with Gasteiger partial charge < -0.3 is 9.74 Å². The van der Waals surface area contributed by atoms with Crippen molar-refractivity contribution in [1.29, 1.82) is 0 Å². The first-order chi connectivity index (χ1) is 6.31. The third-order valence-electron chi connectivity index (χ3n) is 2.77. The van der Waals surface area contributed by atoms with E-state index in [1.807, 2.05) is 0 Å². The normalized spacial score (nSPS) is 12.6. The average Bonchev–Trinajstić information content (AvgIpc) is 2.02. The van der Waals surface area contributed by atoms with Crippen LogP contribution in [0.2, 0.25) is 18.1 Å². The Bertz CT molecular complexity index is 200. The van der Waals surface area contributed by atoms with Gasteiger partial charge in [0.15, 0.2) is 8.32 Å². The first kappa shape index (κ1) is 13.7. The van der Waals surface area contributed by atoms with Crippen molar-refractivity contribution in [2.45, 2.75) is 38.9 Å². The predicted molar refractivity (Wildman–Crippen MR) is 64.9 cm³/mol. The van der Waals surface area contributed by atoms with Gasteiger partial charge in [0.05, 0.1) is 6.54 Å². The van der Waals surface area contributed by atoms with E-state index >= 15 is 0 Å². The number of hydrogen-bond acceptors (Lipinski definition) is 2. The molecule has 0 heterocycles. The van der Waals surface area contributed by atoms with E-state index in [-0.39, 0.29) is 0 Å². The maximum absolute atomic E-state index is 5.95. The molecule has 0 spiro atoms. The van der Waals surface area contributed by atoms with E-state index in [9.17, 15) is 0 Å². The molecule has 0 aliphatic carbocycles. The third-order valence-corrected chi connectivity index (χ3v) is 7.31. The lowest BCUT2D eigenvalue weighted by Crippen LogP contribution is -2.42. The van der Waals surface area contributed by atoms with Crippen molar-refractivity contribution in [1.82, 2.24) is 5.32 Å². The van der Waals surface area contributed by atoms with Gasteiger partial charge in [0.1, 0.15) is 0 Å². The predicted octanol–water partition coefficient (Wildman–Crippen LogP) is 2.23. The second-order valence-corrected chi connectivity index (χ2v) is 9.80. The maximum Gasteiger partial charge on any atom is 0.192 e. The fraction of sp³-hybridized carbons (Fsp3) is 0.818. The summed E-state index contributed by atoms with van der Waals surface area (Å²) in [6.45, 7) is 13.5. The van der Waals surface area contributed by atoms with Gasteiger partial charge in [0.2, 0.25) is 0 Å². The van der Waals surface area contributed by atoms with Crippen LogP contribution >= 0.6 is 0 Å². The molecule has 0 unspecified atom stereocenters. The summed E-state index contributed by atoms with van der Waals surface area (Å²) in [5.41, 5.74) is 0. The lowest BCUT2D eigenvalue weighted by atomic mass is 10.2. The van der Waals surface area contributed by atoms with Gasteiger partial charge in [-0.15, -0.1) is 6.42 Å². The Kier molecular flexibility index (Phi) is 5.43. The van der Waals surface area contributed by atoms with Gasteiger partial charge in [0, 0.05) is 13.2 Å². The highest BCUT2D eigenvalue weighted by atomic mass is 28.4. The van der Waals surface area contributed by atoms with Crippen molar-refractivity contribution in [3.05, 3.63) is 0 Å². The summed E-state index contributed by atoms with van der Waals surface area (Å²) in [4.78, 5) is 0. The monoisotopic (exact) mass is 213 g/mol. The van der Waals surface area contributed by atoms with E-state index in [2.05, 4.69) is 45.1 Å². The molecule has 0 aliphatic heterocycles. The van der Waals surface area contributed by atoms with Crippen molar-refractivity contribution in [2.75, 3.05) is 19.7 Å². The van der Waals surface area contributed by atoms with Gasteiger partial charge in [-0.25, -0.2) is 0 Å². The number of rotatable bonds is 5. The molecule has 82 valence electrons. The maximum atomic E-state index is 5.95. The molecule has 14 heavy (non-hydrogen) atoms. The first-order valence-electron chi connectivity index (χ1n) is 5.09. The lowest BCUT2D eigenvalue weighted by molar-refractivity contribution is 0.288. The van der Waals surface area contributed by atoms with E-state index in [1.165, 1.54) is 0 Å². The van der Waals surface area contributed by atoms with Crippen LogP contribution in [0.25, 0.3) is 0 Å². The molecule has 0 radical (unpaired) electrons. The molecule has 2 nitrogen and oxygen atoms in total. The minimum Gasteiger partial charge on any atom is -0.416 e. The minimum absolute atomic E-state index is 0.291. The molecule has 0 aromatic heterocycles. The highest BCUT2D eigenvalue weighted by Crippen LogP contribution is 2.36. The van der Waals surface area contributed by atoms with Gasteiger partial charge in [0.25, 0.3) is 0 Å². The highest BCUT2D eigenvalue weighted by molar-refractivity contribution is 6.74. The van der Waals surface area contributed by atoms with Crippen LogP contribution in [0.4, 0.5) is 0 Å². The molecular formula is C11H23NOSi. The summed E-state index contributed by atoms with van der Waals surface area (Å²) < 4.78 is 5.95. The Morgan fingerprint density at radius 2 is 1.93 bits per heavy atom. The Morgan fingerprint density at radius 1 is 1.36 bits per heavy atom. The van der Waals surface area contributed by atoms with Crippen LogP contribution in [0.5, 0.6) is 0 Å². The topological polar surface area (TPSA) is 21.3 Å². The molecule has 0 rings (SSSR count). The molecule has 0 aromatic rings. The quantitative estimate of drug-likeness (QED) is 0.429. The Labute approximate surface area is 89.6 Å². The van der Waals surface area contributed by atoms with Crippen molar-refractivity contribution in [3.63, 3.8) is 0 Å². The van der Waals surface area contributed by atoms with Gasteiger partial charge in [-0.3, -0.25) is 0 Å². The van der Waals surface area contributed by atoms with Gasteiger partial charge in [-0.05, 0) is 18.1 Å². The van der Waals surface area contributed by atoms with Crippen LogP contribution in [0.3, 0.4) is 0 Å². The largest absolute Gasteiger partial charge is 0.416 e. The fourth-order valence-corrected chi connectivity index (χ4v) is 1.80. The van der Waals surface area contributed by atoms with Crippen LogP contribution in [0.15, 0.2) is 0 Å². The Morgan fingerprint density at radius 3 is 2.36 bits per heavy atom. The van der Waals surface area contributed by atoms with Crippen molar-refractivity contribution < 1.29 is 4.43 Å². The average molecular weight is 213 g/mol. The summed E-state index contributed by atoms with van der Waals surface area (Å²) in [6, 6.07) is 0. The van der Waals surface area contributed by atoms with Crippen molar-refractivity contribution in [2.24, 2.45) is 0 Å². The van der Waals surface area contributed by atoms with Crippen LogP contribution in [0, 0.1) is 12.3 Å². The second kappa shape index (κ2) is 5.55. The number of nitrogens with one attached hydrogen (secondary N) is 1. The summed E-state index contributed by atoms with van der Waals surface area (Å²) in [6.07, 6.45) is 5.12. The van der Waals surface area contributed by atoms with Crippen LogP contribution in [0.1, 0.15) is 20.8 Å². The van der Waals surface area contributed by atoms with Crippen LogP contribution in [-0.2, 0) is 4.43 Å². The Balaban J connectivity index is 3.73. The second-order valence-electron chi connectivity index (χ2n) is 4.99. The summed E-state index contributed by atoms with van der Waals surface area (Å²) in [5, 5.41) is 3.41. The van der Waals surface area contributed by atoms with Crippen molar-refractivity contribution in [3.8, 4) is 12.3 Å². The number of hydrogen-bond donors (Lipinski definition) is 1. The molecule has 0 amide bonds.